The SMILES string of the molecule is Br[Si](C1CCCCCCC1)(C1CCCCCCC1)C1CCCCCCC1. The van der Waals surface area contributed by atoms with Gasteiger partial charge >= 0.3 is 0 Å². The van der Waals surface area contributed by atoms with Crippen LogP contribution in [-0.2, 0) is 0 Å². The minimum Gasteiger partial charge on any atom is -0.125 e. The van der Waals surface area contributed by atoms with E-state index in [1.54, 1.807) is 38.5 Å². The van der Waals surface area contributed by atoms with Crippen LogP contribution in [0.15, 0.2) is 0 Å². The summed E-state index contributed by atoms with van der Waals surface area (Å²) < 4.78 is 0. The van der Waals surface area contributed by atoms with Crippen molar-refractivity contribution in [1.82, 2.24) is 0 Å². The highest BCUT2D eigenvalue weighted by Gasteiger charge is 2.49. The molecule has 3 aliphatic rings. The Morgan fingerprint density at radius 1 is 0.346 bits per heavy atom. The summed E-state index contributed by atoms with van der Waals surface area (Å²) in [6.07, 6.45) is 32.3. The van der Waals surface area contributed by atoms with Gasteiger partial charge in [0.1, 0.15) is 6.69 Å². The van der Waals surface area contributed by atoms with Crippen LogP contribution in [0.3, 0.4) is 0 Å². The van der Waals surface area contributed by atoms with Gasteiger partial charge in [0, 0.05) is 0 Å². The van der Waals surface area contributed by atoms with E-state index >= 15 is 0 Å². The average Bonchev–Trinajstić information content (AvgIpc) is 2.53. The summed E-state index contributed by atoms with van der Waals surface area (Å²) in [6.45, 7) is -1.40. The lowest BCUT2D eigenvalue weighted by molar-refractivity contribution is 0.441. The molecule has 0 atom stereocenters. The first-order chi connectivity index (χ1) is 12.8. The maximum Gasteiger partial charge on any atom is 0.139 e. The summed E-state index contributed by atoms with van der Waals surface area (Å²) in [5, 5.41) is 0. The van der Waals surface area contributed by atoms with Crippen LogP contribution >= 0.6 is 15.3 Å². The molecule has 0 nitrogen and oxygen atoms in total. The summed E-state index contributed by atoms with van der Waals surface area (Å²) in [5.74, 6) is 0. The van der Waals surface area contributed by atoms with Gasteiger partial charge in [0.05, 0.1) is 0 Å². The lowest BCUT2D eigenvalue weighted by atomic mass is 9.99. The van der Waals surface area contributed by atoms with Crippen LogP contribution in [0.25, 0.3) is 0 Å². The molecule has 3 rings (SSSR count). The minimum absolute atomic E-state index is 1.09. The second kappa shape index (κ2) is 11.6. The fourth-order valence-electron chi connectivity index (χ4n) is 6.70. The van der Waals surface area contributed by atoms with Crippen molar-refractivity contribution in [2.75, 3.05) is 0 Å². The van der Waals surface area contributed by atoms with Crippen molar-refractivity contribution in [2.45, 2.75) is 151 Å². The van der Waals surface area contributed by atoms with E-state index in [0.29, 0.717) is 0 Å². The average molecular weight is 442 g/mol. The topological polar surface area (TPSA) is 0 Å². The van der Waals surface area contributed by atoms with Crippen molar-refractivity contribution < 1.29 is 0 Å². The maximum atomic E-state index is 4.79. The summed E-state index contributed by atoms with van der Waals surface area (Å²) in [4.78, 5) is 0. The Hall–Kier alpha value is 0.697. The van der Waals surface area contributed by atoms with Crippen molar-refractivity contribution >= 4 is 22.0 Å². The Labute approximate surface area is 173 Å². The first kappa shape index (κ1) is 21.4. The van der Waals surface area contributed by atoms with Crippen LogP contribution in [0.1, 0.15) is 135 Å². The zero-order chi connectivity index (χ0) is 18.1. The number of hydrogen-bond donors (Lipinski definition) is 0. The highest BCUT2D eigenvalue weighted by Crippen LogP contribution is 2.58. The van der Waals surface area contributed by atoms with Crippen molar-refractivity contribution in [2.24, 2.45) is 0 Å². The Morgan fingerprint density at radius 2 is 0.538 bits per heavy atom. The standard InChI is InChI=1S/C24H45BrSi/c25-26(22-16-10-4-1-5-11-17-22,23-18-12-6-2-7-13-19-23)24-20-14-8-3-9-15-21-24/h22-24H,1-21H2. The molecular weight excluding hydrogens is 396 g/mol. The van der Waals surface area contributed by atoms with Crippen molar-refractivity contribution in [3.05, 3.63) is 0 Å². The van der Waals surface area contributed by atoms with Crippen LogP contribution in [0.4, 0.5) is 0 Å². The third kappa shape index (κ3) is 5.85. The monoisotopic (exact) mass is 440 g/mol. The van der Waals surface area contributed by atoms with E-state index in [1.165, 1.54) is 96.3 Å². The van der Waals surface area contributed by atoms with Crippen molar-refractivity contribution in [3.63, 3.8) is 0 Å². The predicted octanol–water partition coefficient (Wildman–Crippen LogP) is 9.67. The van der Waals surface area contributed by atoms with Crippen LogP contribution < -0.4 is 0 Å². The predicted molar refractivity (Wildman–Crippen MR) is 123 cm³/mol. The van der Waals surface area contributed by atoms with Gasteiger partial charge < -0.3 is 0 Å². The van der Waals surface area contributed by atoms with E-state index in [0.717, 1.165) is 16.6 Å². The molecule has 0 bridgehead atoms. The molecule has 3 saturated carbocycles. The van der Waals surface area contributed by atoms with Gasteiger partial charge in [-0.25, -0.2) is 0 Å². The summed E-state index contributed by atoms with van der Waals surface area (Å²) in [5.41, 5.74) is 3.28. The van der Waals surface area contributed by atoms with E-state index in [2.05, 4.69) is 0 Å². The smallest absolute Gasteiger partial charge is 0.125 e. The first-order valence-electron chi connectivity index (χ1n) is 12.5. The molecule has 152 valence electrons. The Balaban J connectivity index is 1.81. The van der Waals surface area contributed by atoms with Gasteiger partial charge in [0.25, 0.3) is 0 Å². The van der Waals surface area contributed by atoms with Gasteiger partial charge in [-0.1, -0.05) is 135 Å². The first-order valence-corrected chi connectivity index (χ1v) is 17.0. The van der Waals surface area contributed by atoms with Crippen molar-refractivity contribution in [1.29, 1.82) is 0 Å². The summed E-state index contributed by atoms with van der Waals surface area (Å²) in [7, 11) is 0. The van der Waals surface area contributed by atoms with E-state index in [-0.39, 0.29) is 0 Å². The molecule has 26 heavy (non-hydrogen) atoms. The fraction of sp³-hybridized carbons (Fsp3) is 1.00. The van der Waals surface area contributed by atoms with Gasteiger partial charge in [0.2, 0.25) is 0 Å². The van der Waals surface area contributed by atoms with E-state index < -0.39 is 6.69 Å². The third-order valence-electron chi connectivity index (χ3n) is 8.19. The van der Waals surface area contributed by atoms with E-state index in [9.17, 15) is 0 Å². The van der Waals surface area contributed by atoms with Gasteiger partial charge in [-0.15, -0.1) is 15.3 Å². The number of rotatable bonds is 3. The molecular formula is C24H45BrSi. The molecule has 0 aromatic carbocycles. The Kier molecular flexibility index (Phi) is 9.58. The molecule has 0 spiro atoms. The second-order valence-corrected chi connectivity index (χ2v) is 18.2. The van der Waals surface area contributed by atoms with Gasteiger partial charge in [-0.2, -0.15) is 0 Å². The molecule has 0 amide bonds. The molecule has 3 aliphatic carbocycles. The Morgan fingerprint density at radius 3 is 0.769 bits per heavy atom. The molecule has 0 aromatic heterocycles. The molecule has 2 heteroatoms. The summed E-state index contributed by atoms with van der Waals surface area (Å²) >= 11 is 4.79. The van der Waals surface area contributed by atoms with E-state index in [1.807, 2.05) is 0 Å². The number of hydrogen-bond acceptors (Lipinski definition) is 0. The van der Waals surface area contributed by atoms with Crippen LogP contribution in [0.5, 0.6) is 0 Å². The van der Waals surface area contributed by atoms with Gasteiger partial charge in [-0.3, -0.25) is 0 Å². The zero-order valence-corrected chi connectivity index (χ0v) is 20.0. The minimum atomic E-state index is -1.40. The highest BCUT2D eigenvalue weighted by atomic mass is 79.9. The molecule has 0 aromatic rings. The lowest BCUT2D eigenvalue weighted by Crippen LogP contribution is -2.44. The molecule has 0 saturated heterocycles. The lowest BCUT2D eigenvalue weighted by Gasteiger charge is -2.47. The fourth-order valence-corrected chi connectivity index (χ4v) is 16.7. The largest absolute Gasteiger partial charge is 0.139 e. The number of halogens is 1. The molecule has 0 aliphatic heterocycles. The molecule has 0 radical (unpaired) electrons. The quantitative estimate of drug-likeness (QED) is 0.302. The molecule has 0 unspecified atom stereocenters. The van der Waals surface area contributed by atoms with Gasteiger partial charge in [-0.05, 0) is 16.6 Å². The second-order valence-electron chi connectivity index (χ2n) is 9.95. The molecule has 3 fully saturated rings. The highest BCUT2D eigenvalue weighted by molar-refractivity contribution is 9.26. The zero-order valence-electron chi connectivity index (χ0n) is 17.5. The van der Waals surface area contributed by atoms with Crippen LogP contribution in [0, 0.1) is 0 Å². The van der Waals surface area contributed by atoms with Crippen LogP contribution in [-0.4, -0.2) is 6.69 Å². The third-order valence-corrected chi connectivity index (χ3v) is 19.5. The normalized spacial score (nSPS) is 27.6. The van der Waals surface area contributed by atoms with Crippen LogP contribution in [0.2, 0.25) is 16.6 Å². The Bertz CT molecular complexity index is 303. The van der Waals surface area contributed by atoms with Gasteiger partial charge in [0.15, 0.2) is 0 Å². The summed E-state index contributed by atoms with van der Waals surface area (Å²) in [6, 6.07) is 0. The van der Waals surface area contributed by atoms with E-state index in [4.69, 9.17) is 15.3 Å². The maximum absolute atomic E-state index is 4.79. The van der Waals surface area contributed by atoms with Crippen molar-refractivity contribution in [3.8, 4) is 0 Å². The molecule has 0 N–H and O–H groups in total. The molecule has 0 heterocycles.